The van der Waals surface area contributed by atoms with Crippen molar-refractivity contribution in [3.63, 3.8) is 0 Å². The Morgan fingerprint density at radius 3 is 2.71 bits per heavy atom. The maximum absolute atomic E-state index is 13.4. The van der Waals surface area contributed by atoms with Crippen molar-refractivity contribution < 1.29 is 17.6 Å². The van der Waals surface area contributed by atoms with Gasteiger partial charge in [-0.3, -0.25) is 4.79 Å². The van der Waals surface area contributed by atoms with E-state index in [1.807, 2.05) is 30.3 Å². The molecule has 4 rings (SSSR count). The summed E-state index contributed by atoms with van der Waals surface area (Å²) in [6, 6.07) is 13.0. The number of carbonyl (C=O) groups excluding carboxylic acids is 1. The summed E-state index contributed by atoms with van der Waals surface area (Å²) in [6.07, 6.45) is 2.25. The van der Waals surface area contributed by atoms with Gasteiger partial charge in [0.2, 0.25) is 5.91 Å². The molecule has 1 unspecified atom stereocenters. The molecule has 3 aromatic rings. The summed E-state index contributed by atoms with van der Waals surface area (Å²) in [7, 11) is -3.12. The van der Waals surface area contributed by atoms with Gasteiger partial charge >= 0.3 is 0 Å². The smallest absolute Gasteiger partial charge is 0.227 e. The summed E-state index contributed by atoms with van der Waals surface area (Å²) in [4.78, 5) is 15.1. The van der Waals surface area contributed by atoms with E-state index in [0.717, 1.165) is 22.1 Å². The number of halogens is 1. The predicted octanol–water partition coefficient (Wildman–Crippen LogP) is 4.97. The van der Waals surface area contributed by atoms with Gasteiger partial charge in [-0.15, -0.1) is 0 Å². The van der Waals surface area contributed by atoms with E-state index >= 15 is 0 Å². The number of fused-ring (bicyclic) bond motifs is 1. The minimum Gasteiger partial charge on any atom is -0.464 e. The summed E-state index contributed by atoms with van der Waals surface area (Å²) < 4.78 is 29.9. The van der Waals surface area contributed by atoms with E-state index in [2.05, 4.69) is 19.9 Å². The van der Waals surface area contributed by atoms with Gasteiger partial charge in [0, 0.05) is 28.6 Å². The van der Waals surface area contributed by atoms with E-state index in [-0.39, 0.29) is 29.9 Å². The second-order valence-corrected chi connectivity index (χ2v) is 11.2. The number of carbonyl (C=O) groups is 1. The zero-order valence-corrected chi connectivity index (χ0v) is 19.2. The molecule has 1 saturated heterocycles. The Kier molecular flexibility index (Phi) is 6.13. The first kappa shape index (κ1) is 21.9. The highest BCUT2D eigenvalue weighted by Crippen LogP contribution is 2.28. The zero-order valence-electron chi connectivity index (χ0n) is 17.7. The van der Waals surface area contributed by atoms with Crippen LogP contribution in [0.1, 0.15) is 42.9 Å². The van der Waals surface area contributed by atoms with Gasteiger partial charge in [0.1, 0.15) is 5.58 Å². The topological polar surface area (TPSA) is 67.6 Å². The molecule has 164 valence electrons. The Morgan fingerprint density at radius 2 is 2.03 bits per heavy atom. The third kappa shape index (κ3) is 4.96. The van der Waals surface area contributed by atoms with Crippen LogP contribution in [0.15, 0.2) is 53.1 Å². The van der Waals surface area contributed by atoms with Crippen molar-refractivity contribution in [3.8, 4) is 0 Å². The number of amides is 1. The van der Waals surface area contributed by atoms with E-state index in [4.69, 9.17) is 16.0 Å². The number of rotatable bonds is 6. The highest BCUT2D eigenvalue weighted by molar-refractivity contribution is 7.91. The lowest BCUT2D eigenvalue weighted by Crippen LogP contribution is -2.41. The first-order valence-corrected chi connectivity index (χ1v) is 12.7. The molecule has 7 heteroatoms. The number of hydrogen-bond acceptors (Lipinski definition) is 4. The minimum atomic E-state index is -3.12. The molecule has 1 aliphatic heterocycles. The lowest BCUT2D eigenvalue weighted by Gasteiger charge is -2.28. The van der Waals surface area contributed by atoms with Crippen molar-refractivity contribution in [2.24, 2.45) is 0 Å². The van der Waals surface area contributed by atoms with Crippen molar-refractivity contribution >= 4 is 38.3 Å². The quantitative estimate of drug-likeness (QED) is 0.522. The minimum absolute atomic E-state index is 0.00291. The molecule has 2 heterocycles. The van der Waals surface area contributed by atoms with Crippen molar-refractivity contribution in [2.75, 3.05) is 11.5 Å². The average molecular weight is 460 g/mol. The Bertz CT molecular complexity index is 1220. The summed E-state index contributed by atoms with van der Waals surface area (Å²) in [5.41, 5.74) is 3.63. The molecular formula is C24H26ClNO4S. The Hall–Kier alpha value is -2.31. The fraction of sp³-hybridized carbons (Fsp3) is 0.375. The highest BCUT2D eigenvalue weighted by Gasteiger charge is 2.35. The highest BCUT2D eigenvalue weighted by atomic mass is 35.5. The molecule has 1 atom stereocenters. The molecule has 2 aromatic carbocycles. The van der Waals surface area contributed by atoms with Crippen molar-refractivity contribution in [1.82, 2.24) is 4.90 Å². The third-order valence-electron chi connectivity index (χ3n) is 5.90. The predicted molar refractivity (Wildman–Crippen MR) is 123 cm³/mol. The van der Waals surface area contributed by atoms with E-state index in [1.54, 1.807) is 17.2 Å². The molecular weight excluding hydrogens is 434 g/mol. The molecule has 31 heavy (non-hydrogen) atoms. The number of furan rings is 1. The Balaban J connectivity index is 1.63. The zero-order chi connectivity index (χ0) is 22.2. The SMILES string of the molecule is CC(C)c1ccc2occ(CC(=O)N(Cc3cccc(Cl)c3)C3CCS(=O)(=O)C3)c2c1. The van der Waals surface area contributed by atoms with Crippen LogP contribution >= 0.6 is 11.6 Å². The van der Waals surface area contributed by atoms with Gasteiger partial charge in [0.15, 0.2) is 9.84 Å². The molecule has 1 amide bonds. The first-order valence-electron chi connectivity index (χ1n) is 10.5. The number of hydrogen-bond donors (Lipinski definition) is 0. The van der Waals surface area contributed by atoms with E-state index in [9.17, 15) is 13.2 Å². The maximum atomic E-state index is 13.4. The molecule has 0 radical (unpaired) electrons. The summed E-state index contributed by atoms with van der Waals surface area (Å²) in [5.74, 6) is 0.373. The van der Waals surface area contributed by atoms with Gasteiger partial charge in [-0.25, -0.2) is 8.42 Å². The standard InChI is InChI=1S/C24H26ClNO4S/c1-16(2)18-6-7-23-22(11-18)19(14-30-23)12-24(27)26(21-8-9-31(28,29)15-21)13-17-4-3-5-20(25)10-17/h3-7,10-11,14,16,21H,8-9,12-13,15H2,1-2H3. The summed E-state index contributed by atoms with van der Waals surface area (Å²) >= 11 is 6.12. The second kappa shape index (κ2) is 8.67. The van der Waals surface area contributed by atoms with Crippen LogP contribution in [-0.4, -0.2) is 36.8 Å². The maximum Gasteiger partial charge on any atom is 0.227 e. The van der Waals surface area contributed by atoms with Crippen molar-refractivity contribution in [1.29, 1.82) is 0 Å². The van der Waals surface area contributed by atoms with Crippen molar-refractivity contribution in [3.05, 3.63) is 70.4 Å². The lowest BCUT2D eigenvalue weighted by atomic mass is 9.99. The van der Waals surface area contributed by atoms with E-state index in [0.29, 0.717) is 23.9 Å². The molecule has 1 aromatic heterocycles. The van der Waals surface area contributed by atoms with E-state index < -0.39 is 9.84 Å². The normalized spacial score (nSPS) is 18.0. The molecule has 0 bridgehead atoms. The van der Waals surface area contributed by atoms with E-state index in [1.165, 1.54) is 5.56 Å². The molecule has 0 N–H and O–H groups in total. The second-order valence-electron chi connectivity index (χ2n) is 8.56. The summed E-state index contributed by atoms with van der Waals surface area (Å²) in [6.45, 7) is 4.57. The van der Waals surface area contributed by atoms with Crippen LogP contribution in [0.5, 0.6) is 0 Å². The van der Waals surface area contributed by atoms with Crippen LogP contribution in [-0.2, 0) is 27.6 Å². The number of nitrogens with zero attached hydrogens (tertiary/aromatic N) is 1. The lowest BCUT2D eigenvalue weighted by molar-refractivity contribution is -0.133. The monoisotopic (exact) mass is 459 g/mol. The molecule has 5 nitrogen and oxygen atoms in total. The van der Waals surface area contributed by atoms with Gasteiger partial charge in [-0.1, -0.05) is 43.6 Å². The fourth-order valence-corrected chi connectivity index (χ4v) is 6.08. The average Bonchev–Trinajstić information content (AvgIpc) is 3.28. The van der Waals surface area contributed by atoms with Gasteiger partial charge in [-0.05, 0) is 47.7 Å². The Morgan fingerprint density at radius 1 is 1.23 bits per heavy atom. The van der Waals surface area contributed by atoms with Gasteiger partial charge in [0.05, 0.1) is 24.2 Å². The number of benzene rings is 2. The Labute approximate surface area is 187 Å². The summed E-state index contributed by atoms with van der Waals surface area (Å²) in [5, 5.41) is 1.52. The molecule has 0 aliphatic carbocycles. The number of sulfone groups is 1. The van der Waals surface area contributed by atoms with Crippen LogP contribution in [0.2, 0.25) is 5.02 Å². The van der Waals surface area contributed by atoms with Gasteiger partial charge < -0.3 is 9.32 Å². The first-order chi connectivity index (χ1) is 14.7. The van der Waals surface area contributed by atoms with Crippen LogP contribution in [0.3, 0.4) is 0 Å². The van der Waals surface area contributed by atoms with Crippen LogP contribution in [0.25, 0.3) is 11.0 Å². The molecule has 1 fully saturated rings. The van der Waals surface area contributed by atoms with Gasteiger partial charge in [-0.2, -0.15) is 0 Å². The van der Waals surface area contributed by atoms with Gasteiger partial charge in [0.25, 0.3) is 0 Å². The van der Waals surface area contributed by atoms with Crippen LogP contribution in [0.4, 0.5) is 0 Å². The largest absolute Gasteiger partial charge is 0.464 e. The molecule has 0 saturated carbocycles. The molecule has 0 spiro atoms. The molecule has 1 aliphatic rings. The van der Waals surface area contributed by atoms with Crippen LogP contribution < -0.4 is 0 Å². The van der Waals surface area contributed by atoms with Crippen LogP contribution in [0, 0.1) is 0 Å². The fourth-order valence-electron chi connectivity index (χ4n) is 4.13. The third-order valence-corrected chi connectivity index (χ3v) is 7.88. The van der Waals surface area contributed by atoms with Crippen molar-refractivity contribution in [2.45, 2.75) is 45.2 Å².